The number of carbonyl (C=O) groups excluding carboxylic acids is 1. The minimum Gasteiger partial charge on any atom is -0.389 e. The van der Waals surface area contributed by atoms with Crippen LogP contribution in [0.15, 0.2) is 24.4 Å². The summed E-state index contributed by atoms with van der Waals surface area (Å²) in [5.74, 6) is 0.431. The molecule has 1 aromatic heterocycles. The van der Waals surface area contributed by atoms with Crippen LogP contribution in [-0.2, 0) is 0 Å². The van der Waals surface area contributed by atoms with Crippen LogP contribution < -0.4 is 5.32 Å². The second-order valence-corrected chi connectivity index (χ2v) is 7.76. The Kier molecular flexibility index (Phi) is 6.21. The van der Waals surface area contributed by atoms with Crippen molar-refractivity contribution in [3.63, 3.8) is 0 Å². The van der Waals surface area contributed by atoms with Gasteiger partial charge in [-0.25, -0.2) is 4.79 Å². The van der Waals surface area contributed by atoms with E-state index in [1.165, 1.54) is 12.8 Å². The zero-order chi connectivity index (χ0) is 17.7. The molecule has 1 aliphatic carbocycles. The molecule has 0 bridgehead atoms. The highest BCUT2D eigenvalue weighted by molar-refractivity contribution is 5.75. The molecule has 2 amide bonds. The summed E-state index contributed by atoms with van der Waals surface area (Å²) < 4.78 is 0. The maximum atomic E-state index is 12.9. The summed E-state index contributed by atoms with van der Waals surface area (Å²) >= 11 is 0. The van der Waals surface area contributed by atoms with Crippen molar-refractivity contribution in [1.29, 1.82) is 0 Å². The zero-order valence-electron chi connectivity index (χ0n) is 15.3. The van der Waals surface area contributed by atoms with Gasteiger partial charge in [-0.05, 0) is 58.6 Å². The summed E-state index contributed by atoms with van der Waals surface area (Å²) in [5.41, 5.74) is -0.000136. The number of hydrogen-bond donors (Lipinski definition) is 2. The summed E-state index contributed by atoms with van der Waals surface area (Å²) in [4.78, 5) is 19.1. The van der Waals surface area contributed by atoms with Gasteiger partial charge in [-0.15, -0.1) is 0 Å². The lowest BCUT2D eigenvalue weighted by atomic mass is 9.95. The molecule has 0 unspecified atom stereocenters. The lowest BCUT2D eigenvalue weighted by molar-refractivity contribution is 0.0378. The van der Waals surface area contributed by atoms with Gasteiger partial charge in [0, 0.05) is 12.2 Å². The molecule has 5 nitrogen and oxygen atoms in total. The minimum absolute atomic E-state index is 0.0179. The third-order valence-electron chi connectivity index (χ3n) is 4.60. The van der Waals surface area contributed by atoms with E-state index in [4.69, 9.17) is 0 Å². The number of amides is 2. The number of nitrogens with zero attached hydrogens (tertiary/aromatic N) is 2. The van der Waals surface area contributed by atoms with Gasteiger partial charge < -0.3 is 15.3 Å². The van der Waals surface area contributed by atoms with Crippen LogP contribution in [0.4, 0.5) is 4.79 Å². The molecule has 2 rings (SSSR count). The van der Waals surface area contributed by atoms with Gasteiger partial charge in [-0.3, -0.25) is 4.98 Å². The third-order valence-corrected chi connectivity index (χ3v) is 4.60. The first-order chi connectivity index (χ1) is 11.3. The van der Waals surface area contributed by atoms with E-state index in [2.05, 4.69) is 10.3 Å². The molecule has 1 aliphatic rings. The second-order valence-electron chi connectivity index (χ2n) is 7.76. The highest BCUT2D eigenvalue weighted by Gasteiger charge is 2.32. The lowest BCUT2D eigenvalue weighted by Gasteiger charge is -2.34. The molecular weight excluding hydrogens is 302 g/mol. The fourth-order valence-electron chi connectivity index (χ4n) is 3.41. The first-order valence-electron chi connectivity index (χ1n) is 8.98. The van der Waals surface area contributed by atoms with E-state index in [0.717, 1.165) is 18.5 Å². The van der Waals surface area contributed by atoms with Gasteiger partial charge in [-0.1, -0.05) is 18.9 Å². The van der Waals surface area contributed by atoms with E-state index < -0.39 is 5.60 Å². The number of pyridine rings is 1. The monoisotopic (exact) mass is 333 g/mol. The summed E-state index contributed by atoms with van der Waals surface area (Å²) in [6, 6.07) is 5.67. The van der Waals surface area contributed by atoms with E-state index in [0.29, 0.717) is 12.5 Å². The molecule has 2 N–H and O–H groups in total. The summed E-state index contributed by atoms with van der Waals surface area (Å²) in [5, 5.41) is 13.3. The maximum Gasteiger partial charge on any atom is 0.318 e. The average Bonchev–Trinajstić information content (AvgIpc) is 3.04. The number of hydrogen-bond acceptors (Lipinski definition) is 3. The third kappa shape index (κ3) is 5.20. The van der Waals surface area contributed by atoms with E-state index in [1.54, 1.807) is 24.9 Å². The normalized spacial score (nSPS) is 17.1. The van der Waals surface area contributed by atoms with Crippen LogP contribution in [0.1, 0.15) is 65.1 Å². The van der Waals surface area contributed by atoms with Gasteiger partial charge >= 0.3 is 6.03 Å². The molecule has 0 aliphatic heterocycles. The molecule has 134 valence electrons. The SMILES string of the molecule is CC(C)N(CC(C)(C)O)C(=O)N[C@H](c1ccccn1)C1CCCC1. The Morgan fingerprint density at radius 3 is 2.54 bits per heavy atom. The van der Waals surface area contributed by atoms with E-state index in [-0.39, 0.29) is 18.1 Å². The molecule has 1 heterocycles. The minimum atomic E-state index is -0.921. The number of rotatable bonds is 6. The Labute approximate surface area is 145 Å². The molecule has 5 heteroatoms. The quantitative estimate of drug-likeness (QED) is 0.837. The van der Waals surface area contributed by atoms with Crippen molar-refractivity contribution in [2.24, 2.45) is 5.92 Å². The molecule has 0 spiro atoms. The number of urea groups is 1. The zero-order valence-corrected chi connectivity index (χ0v) is 15.3. The fraction of sp³-hybridized carbons (Fsp3) is 0.684. The van der Waals surface area contributed by atoms with E-state index >= 15 is 0 Å². The number of aromatic nitrogens is 1. The number of carbonyl (C=O) groups is 1. The summed E-state index contributed by atoms with van der Waals surface area (Å²) in [6.45, 7) is 7.69. The number of nitrogens with one attached hydrogen (secondary N) is 1. The topological polar surface area (TPSA) is 65.5 Å². The van der Waals surface area contributed by atoms with Crippen LogP contribution in [0, 0.1) is 5.92 Å². The highest BCUT2D eigenvalue weighted by Crippen LogP contribution is 2.35. The Morgan fingerprint density at radius 1 is 1.38 bits per heavy atom. The standard InChI is InChI=1S/C19H31N3O2/c1-14(2)22(13-19(3,4)24)18(23)21-17(15-9-5-6-10-15)16-11-7-8-12-20-16/h7-8,11-12,14-15,17,24H,5-6,9-10,13H2,1-4H3,(H,21,23)/t17-/m0/s1. The lowest BCUT2D eigenvalue weighted by Crippen LogP contribution is -2.51. The van der Waals surface area contributed by atoms with E-state index in [9.17, 15) is 9.90 Å². The Hall–Kier alpha value is -1.62. The first-order valence-corrected chi connectivity index (χ1v) is 8.98. The average molecular weight is 333 g/mol. The molecule has 1 aromatic rings. The van der Waals surface area contributed by atoms with Crippen molar-refractivity contribution >= 4 is 6.03 Å². The molecule has 24 heavy (non-hydrogen) atoms. The van der Waals surface area contributed by atoms with Crippen LogP contribution in [0.5, 0.6) is 0 Å². The molecule has 1 fully saturated rings. The van der Waals surface area contributed by atoms with Gasteiger partial charge in [0.1, 0.15) is 0 Å². The van der Waals surface area contributed by atoms with Crippen molar-refractivity contribution in [1.82, 2.24) is 15.2 Å². The highest BCUT2D eigenvalue weighted by atomic mass is 16.3. The molecule has 0 aromatic carbocycles. The first kappa shape index (κ1) is 18.7. The summed E-state index contributed by atoms with van der Waals surface area (Å²) in [7, 11) is 0. The number of aliphatic hydroxyl groups is 1. The van der Waals surface area contributed by atoms with Crippen molar-refractivity contribution in [2.45, 2.75) is 71.1 Å². The molecule has 1 atom stereocenters. The van der Waals surface area contributed by atoms with Gasteiger partial charge in [0.25, 0.3) is 0 Å². The van der Waals surface area contributed by atoms with Crippen molar-refractivity contribution < 1.29 is 9.90 Å². The Balaban J connectivity index is 2.16. The van der Waals surface area contributed by atoms with Gasteiger partial charge in [-0.2, -0.15) is 0 Å². The maximum absolute atomic E-state index is 12.9. The molecular formula is C19H31N3O2. The molecule has 0 saturated heterocycles. The predicted molar refractivity (Wildman–Crippen MR) is 95.6 cm³/mol. The van der Waals surface area contributed by atoms with Crippen molar-refractivity contribution in [3.8, 4) is 0 Å². The Morgan fingerprint density at radius 2 is 2.04 bits per heavy atom. The largest absolute Gasteiger partial charge is 0.389 e. The molecule has 1 saturated carbocycles. The van der Waals surface area contributed by atoms with Crippen LogP contribution in [0.3, 0.4) is 0 Å². The second kappa shape index (κ2) is 7.97. The van der Waals surface area contributed by atoms with Gasteiger partial charge in [0.2, 0.25) is 0 Å². The molecule has 0 radical (unpaired) electrons. The Bertz CT molecular complexity index is 519. The predicted octanol–water partition coefficient (Wildman–Crippen LogP) is 3.50. The van der Waals surface area contributed by atoms with Crippen LogP contribution in [-0.4, -0.2) is 39.2 Å². The van der Waals surface area contributed by atoms with Crippen LogP contribution in [0.2, 0.25) is 0 Å². The van der Waals surface area contributed by atoms with Gasteiger partial charge in [0.15, 0.2) is 0 Å². The fourth-order valence-corrected chi connectivity index (χ4v) is 3.41. The van der Waals surface area contributed by atoms with Gasteiger partial charge in [0.05, 0.1) is 23.9 Å². The van der Waals surface area contributed by atoms with Crippen molar-refractivity contribution in [2.75, 3.05) is 6.54 Å². The summed E-state index contributed by atoms with van der Waals surface area (Å²) in [6.07, 6.45) is 6.44. The van der Waals surface area contributed by atoms with E-state index in [1.807, 2.05) is 32.0 Å². The smallest absolute Gasteiger partial charge is 0.318 e. The van der Waals surface area contributed by atoms with Crippen LogP contribution >= 0.6 is 0 Å². The van der Waals surface area contributed by atoms with Crippen LogP contribution in [0.25, 0.3) is 0 Å². The van der Waals surface area contributed by atoms with Crippen molar-refractivity contribution in [3.05, 3.63) is 30.1 Å².